The van der Waals surface area contributed by atoms with Crippen LogP contribution in [0, 0.1) is 11.7 Å². The Morgan fingerprint density at radius 2 is 1.83 bits per heavy atom. The van der Waals surface area contributed by atoms with Crippen molar-refractivity contribution >= 4 is 33.2 Å². The number of carbonyl (C=O) groups excluding carboxylic acids is 1. The number of carbonyl (C=O) groups is 1. The predicted molar refractivity (Wildman–Crippen MR) is 120 cm³/mol. The molecule has 1 amide bonds. The van der Waals surface area contributed by atoms with Crippen molar-refractivity contribution in [3.05, 3.63) is 77.0 Å². The molecule has 0 radical (unpaired) electrons. The van der Waals surface area contributed by atoms with Gasteiger partial charge in [0.15, 0.2) is 5.03 Å². The summed E-state index contributed by atoms with van der Waals surface area (Å²) in [5.41, 5.74) is -0.484. The lowest BCUT2D eigenvalue weighted by Crippen LogP contribution is -2.32. The van der Waals surface area contributed by atoms with Crippen LogP contribution in [-0.2, 0) is 28.0 Å². The molecule has 2 aromatic carbocycles. The van der Waals surface area contributed by atoms with E-state index in [0.717, 1.165) is 22.5 Å². The van der Waals surface area contributed by atoms with E-state index in [9.17, 15) is 30.8 Å². The van der Waals surface area contributed by atoms with Crippen molar-refractivity contribution in [1.29, 1.82) is 0 Å². The van der Waals surface area contributed by atoms with Crippen LogP contribution in [0.25, 0.3) is 0 Å². The van der Waals surface area contributed by atoms with E-state index >= 15 is 0 Å². The van der Waals surface area contributed by atoms with Crippen LogP contribution in [0.15, 0.2) is 60.0 Å². The van der Waals surface area contributed by atoms with Gasteiger partial charge in [-0.25, -0.2) is 17.8 Å². The normalized spacial score (nSPS) is 19.1. The number of nitrogens with zero attached hydrogens (tertiary/aromatic N) is 3. The Morgan fingerprint density at radius 3 is 2.40 bits per heavy atom. The third-order valence-corrected chi connectivity index (χ3v) is 7.78. The van der Waals surface area contributed by atoms with Gasteiger partial charge in [0.2, 0.25) is 5.91 Å². The Kier molecular flexibility index (Phi) is 6.64. The number of nitrogens with one attached hydrogen (secondary N) is 1. The molecular formula is C22H19ClF4N4O3S. The first kappa shape index (κ1) is 25.1. The molecule has 1 N–H and O–H groups in total. The number of halogens is 5. The summed E-state index contributed by atoms with van der Waals surface area (Å²) in [5, 5.41) is 1.75. The Morgan fingerprint density at radius 1 is 1.14 bits per heavy atom. The van der Waals surface area contributed by atoms with Crippen LogP contribution in [0.3, 0.4) is 0 Å². The zero-order valence-corrected chi connectivity index (χ0v) is 19.7. The highest BCUT2D eigenvalue weighted by atomic mass is 35.5. The molecule has 2 atom stereocenters. The summed E-state index contributed by atoms with van der Waals surface area (Å²) in [6, 6.07) is 8.13. The predicted octanol–water partition coefficient (Wildman–Crippen LogP) is 4.27. The third-order valence-electron chi connectivity index (χ3n) is 5.75. The quantitative estimate of drug-likeness (QED) is 0.499. The molecule has 0 aliphatic carbocycles. The van der Waals surface area contributed by atoms with E-state index in [1.807, 2.05) is 0 Å². The van der Waals surface area contributed by atoms with E-state index in [0.29, 0.717) is 5.56 Å². The van der Waals surface area contributed by atoms with Crippen LogP contribution in [0.2, 0.25) is 5.02 Å². The van der Waals surface area contributed by atoms with Gasteiger partial charge in [-0.3, -0.25) is 4.79 Å². The van der Waals surface area contributed by atoms with E-state index in [4.69, 9.17) is 11.6 Å². The summed E-state index contributed by atoms with van der Waals surface area (Å²) < 4.78 is 81.2. The highest BCUT2D eigenvalue weighted by Crippen LogP contribution is 2.38. The number of sulfonamides is 1. The van der Waals surface area contributed by atoms with Crippen molar-refractivity contribution in [2.45, 2.75) is 17.1 Å². The molecule has 2 heterocycles. The van der Waals surface area contributed by atoms with Crippen molar-refractivity contribution in [2.24, 2.45) is 13.0 Å². The standard InChI is InChI=1S/C22H19ClF4N4O3S/c1-30-11-20(28-12-30)35(33,34)31-9-16(13-2-4-14(24)5-3-13)17(10-31)21(32)29-15-6-7-18(19(23)8-15)22(25,26)27/h2-8,11-12,16-17H,9-10H2,1H3,(H,29,32). The number of aryl methyl sites for hydroxylation is 1. The first-order valence-corrected chi connectivity index (χ1v) is 12.1. The number of aromatic nitrogens is 2. The molecule has 1 aliphatic rings. The van der Waals surface area contributed by atoms with Crippen LogP contribution >= 0.6 is 11.6 Å². The van der Waals surface area contributed by atoms with Crippen molar-refractivity contribution in [3.8, 4) is 0 Å². The fourth-order valence-corrected chi connectivity index (χ4v) is 5.74. The van der Waals surface area contributed by atoms with Crippen LogP contribution in [-0.4, -0.2) is 41.3 Å². The van der Waals surface area contributed by atoms with E-state index in [2.05, 4.69) is 10.3 Å². The zero-order valence-electron chi connectivity index (χ0n) is 18.1. The third kappa shape index (κ3) is 5.19. The molecular weight excluding hydrogens is 512 g/mol. The lowest BCUT2D eigenvalue weighted by molar-refractivity contribution is -0.137. The summed E-state index contributed by atoms with van der Waals surface area (Å²) >= 11 is 5.75. The Bertz CT molecular complexity index is 1360. The van der Waals surface area contributed by atoms with Gasteiger partial charge in [-0.05, 0) is 35.9 Å². The van der Waals surface area contributed by atoms with Gasteiger partial charge < -0.3 is 9.88 Å². The number of imidazole rings is 1. The second-order valence-corrected chi connectivity index (χ2v) is 10.4. The molecule has 7 nitrogen and oxygen atoms in total. The minimum Gasteiger partial charge on any atom is -0.339 e. The van der Waals surface area contributed by atoms with Gasteiger partial charge in [0.25, 0.3) is 10.0 Å². The maximum atomic E-state index is 13.5. The zero-order chi connectivity index (χ0) is 25.5. The second-order valence-electron chi connectivity index (χ2n) is 8.15. The maximum Gasteiger partial charge on any atom is 0.417 e. The molecule has 13 heteroatoms. The van der Waals surface area contributed by atoms with E-state index in [1.54, 1.807) is 7.05 Å². The second kappa shape index (κ2) is 9.25. The molecule has 0 saturated carbocycles. The van der Waals surface area contributed by atoms with Crippen LogP contribution in [0.4, 0.5) is 23.2 Å². The SMILES string of the molecule is Cn1cnc(S(=O)(=O)N2CC(C(=O)Nc3ccc(C(F)(F)F)c(Cl)c3)C(c3ccc(F)cc3)C2)c1. The topological polar surface area (TPSA) is 84.3 Å². The Labute approximate surface area is 203 Å². The molecule has 0 spiro atoms. The average molecular weight is 531 g/mol. The number of rotatable bonds is 5. The monoisotopic (exact) mass is 530 g/mol. The highest BCUT2D eigenvalue weighted by molar-refractivity contribution is 7.89. The summed E-state index contributed by atoms with van der Waals surface area (Å²) in [5.74, 6) is -2.67. The van der Waals surface area contributed by atoms with E-state index < -0.39 is 50.3 Å². The molecule has 3 aromatic rings. The minimum atomic E-state index is -4.65. The van der Waals surface area contributed by atoms with Gasteiger partial charge >= 0.3 is 6.18 Å². The molecule has 0 bridgehead atoms. The molecule has 2 unspecified atom stereocenters. The van der Waals surface area contributed by atoms with Crippen molar-refractivity contribution in [1.82, 2.24) is 13.9 Å². The van der Waals surface area contributed by atoms with Crippen LogP contribution < -0.4 is 5.32 Å². The van der Waals surface area contributed by atoms with Gasteiger partial charge in [0.05, 0.1) is 22.8 Å². The van der Waals surface area contributed by atoms with Gasteiger partial charge in [-0.2, -0.15) is 17.5 Å². The van der Waals surface area contributed by atoms with E-state index in [-0.39, 0.29) is 23.8 Å². The number of hydrogen-bond donors (Lipinski definition) is 1. The largest absolute Gasteiger partial charge is 0.417 e. The number of amides is 1. The van der Waals surface area contributed by atoms with Crippen molar-refractivity contribution in [2.75, 3.05) is 18.4 Å². The first-order valence-electron chi connectivity index (χ1n) is 10.3. The number of anilines is 1. The van der Waals surface area contributed by atoms with Gasteiger partial charge in [-0.15, -0.1) is 0 Å². The molecule has 4 rings (SSSR count). The summed E-state index contributed by atoms with van der Waals surface area (Å²) in [4.78, 5) is 17.1. The molecule has 1 fully saturated rings. The number of hydrogen-bond acceptors (Lipinski definition) is 4. The molecule has 1 aromatic heterocycles. The number of benzene rings is 2. The number of alkyl halides is 3. The van der Waals surface area contributed by atoms with E-state index in [1.165, 1.54) is 41.4 Å². The highest BCUT2D eigenvalue weighted by Gasteiger charge is 2.44. The molecule has 186 valence electrons. The van der Waals surface area contributed by atoms with Gasteiger partial charge in [-0.1, -0.05) is 23.7 Å². The van der Waals surface area contributed by atoms with Gasteiger partial charge in [0, 0.05) is 37.9 Å². The van der Waals surface area contributed by atoms with Gasteiger partial charge in [0.1, 0.15) is 5.82 Å². The molecule has 1 aliphatic heterocycles. The van der Waals surface area contributed by atoms with Crippen LogP contribution in [0.1, 0.15) is 17.0 Å². The fraction of sp³-hybridized carbons (Fsp3) is 0.273. The minimum absolute atomic E-state index is 0.0249. The van der Waals surface area contributed by atoms with Crippen molar-refractivity contribution < 1.29 is 30.8 Å². The Balaban J connectivity index is 1.63. The Hall–Kier alpha value is -2.96. The molecule has 35 heavy (non-hydrogen) atoms. The fourth-order valence-electron chi connectivity index (χ4n) is 3.99. The smallest absolute Gasteiger partial charge is 0.339 e. The first-order chi connectivity index (χ1) is 16.4. The molecule has 1 saturated heterocycles. The summed E-state index contributed by atoms with van der Waals surface area (Å²) in [6.45, 7) is -0.280. The lowest BCUT2D eigenvalue weighted by atomic mass is 9.88. The lowest BCUT2D eigenvalue weighted by Gasteiger charge is -2.19. The summed E-state index contributed by atoms with van der Waals surface area (Å²) in [6.07, 6.45) is -1.99. The average Bonchev–Trinajstić information content (AvgIpc) is 3.41. The van der Waals surface area contributed by atoms with Crippen molar-refractivity contribution in [3.63, 3.8) is 0 Å². The maximum absolute atomic E-state index is 13.5. The summed E-state index contributed by atoms with van der Waals surface area (Å²) in [7, 11) is -2.42. The van der Waals surface area contributed by atoms with Crippen LogP contribution in [0.5, 0.6) is 0 Å².